The minimum Gasteiger partial charge on any atom is -0.348 e. The fourth-order valence-electron chi connectivity index (χ4n) is 3.39. The van der Waals surface area contributed by atoms with E-state index in [4.69, 9.17) is 0 Å². The molecule has 5 nitrogen and oxygen atoms in total. The topological polar surface area (TPSA) is 59.8 Å². The molecule has 3 aromatic carbocycles. The Kier molecular flexibility index (Phi) is 7.54. The van der Waals surface area contributed by atoms with Crippen molar-refractivity contribution >= 4 is 17.7 Å². The number of hydrogen-bond donors (Lipinski definition) is 1. The minimum atomic E-state index is -0.294. The normalized spacial score (nSPS) is 10.8. The molecule has 0 bridgehead atoms. The molecule has 0 aliphatic carbocycles. The van der Waals surface area contributed by atoms with Crippen LogP contribution in [0.2, 0.25) is 0 Å². The number of nitrogens with one attached hydrogen (secondary N) is 1. The van der Waals surface area contributed by atoms with Crippen LogP contribution in [0, 0.1) is 12.7 Å². The van der Waals surface area contributed by atoms with E-state index in [9.17, 15) is 9.18 Å². The van der Waals surface area contributed by atoms with Gasteiger partial charge in [0.2, 0.25) is 0 Å². The Hall–Kier alpha value is -3.71. The molecule has 0 fully saturated rings. The fraction of sp³-hybridized carbons (Fsp3) is 0.148. The number of carbonyl (C=O) groups excluding carboxylic acids is 1. The van der Waals surface area contributed by atoms with Gasteiger partial charge in [-0.25, -0.2) is 4.39 Å². The van der Waals surface area contributed by atoms with Crippen LogP contribution in [0.4, 0.5) is 4.39 Å². The highest BCUT2D eigenvalue weighted by Crippen LogP contribution is 2.27. The van der Waals surface area contributed by atoms with Gasteiger partial charge in [-0.15, -0.1) is 16.8 Å². The summed E-state index contributed by atoms with van der Waals surface area (Å²) in [6.07, 6.45) is 1.84. The summed E-state index contributed by atoms with van der Waals surface area (Å²) in [7, 11) is 0. The zero-order valence-electron chi connectivity index (χ0n) is 18.9. The number of rotatable bonds is 9. The van der Waals surface area contributed by atoms with Crippen LogP contribution < -0.4 is 5.32 Å². The average molecular weight is 473 g/mol. The standard InChI is InChI=1S/C27H25FN4OS/c1-3-16-32-25(22-10-4-19(2)5-11-22)30-31-27(32)34-18-21-6-12-23(13-7-21)26(33)29-17-20-8-14-24(28)15-9-20/h3-15H,1,16-18H2,2H3,(H,29,33). The third-order valence-corrected chi connectivity index (χ3v) is 6.33. The van der Waals surface area contributed by atoms with Gasteiger partial charge in [0.05, 0.1) is 0 Å². The summed E-state index contributed by atoms with van der Waals surface area (Å²) >= 11 is 1.59. The van der Waals surface area contributed by atoms with E-state index in [0.29, 0.717) is 24.4 Å². The Morgan fingerprint density at radius 2 is 1.68 bits per heavy atom. The van der Waals surface area contributed by atoms with E-state index >= 15 is 0 Å². The first-order valence-electron chi connectivity index (χ1n) is 10.9. The summed E-state index contributed by atoms with van der Waals surface area (Å²) in [4.78, 5) is 12.4. The summed E-state index contributed by atoms with van der Waals surface area (Å²) in [5.41, 5.74) is 4.71. The Balaban J connectivity index is 1.38. The lowest BCUT2D eigenvalue weighted by Crippen LogP contribution is -2.22. The van der Waals surface area contributed by atoms with Crippen molar-refractivity contribution in [3.05, 3.63) is 114 Å². The number of amides is 1. The second-order valence-electron chi connectivity index (χ2n) is 7.87. The third kappa shape index (κ3) is 5.80. The van der Waals surface area contributed by atoms with E-state index in [2.05, 4.69) is 45.7 Å². The molecule has 1 aromatic heterocycles. The number of halogens is 1. The molecule has 0 aliphatic heterocycles. The second kappa shape index (κ2) is 10.9. The van der Waals surface area contributed by atoms with Crippen molar-refractivity contribution in [2.24, 2.45) is 0 Å². The van der Waals surface area contributed by atoms with Crippen molar-refractivity contribution in [1.29, 1.82) is 0 Å². The fourth-order valence-corrected chi connectivity index (χ4v) is 4.30. The van der Waals surface area contributed by atoms with E-state index in [1.165, 1.54) is 17.7 Å². The van der Waals surface area contributed by atoms with Gasteiger partial charge in [-0.2, -0.15) is 0 Å². The van der Waals surface area contributed by atoms with Crippen LogP contribution in [0.25, 0.3) is 11.4 Å². The zero-order chi connectivity index (χ0) is 23.9. The highest BCUT2D eigenvalue weighted by molar-refractivity contribution is 7.98. The largest absolute Gasteiger partial charge is 0.348 e. The van der Waals surface area contributed by atoms with Gasteiger partial charge >= 0.3 is 0 Å². The van der Waals surface area contributed by atoms with Crippen LogP contribution in [0.5, 0.6) is 0 Å². The van der Waals surface area contributed by atoms with Gasteiger partial charge in [0.1, 0.15) is 5.82 Å². The van der Waals surface area contributed by atoms with E-state index in [1.54, 1.807) is 23.9 Å². The summed E-state index contributed by atoms with van der Waals surface area (Å²) in [6.45, 7) is 6.89. The van der Waals surface area contributed by atoms with Crippen molar-refractivity contribution < 1.29 is 9.18 Å². The van der Waals surface area contributed by atoms with Gasteiger partial charge in [0.15, 0.2) is 11.0 Å². The summed E-state index contributed by atoms with van der Waals surface area (Å²) < 4.78 is 15.1. The van der Waals surface area contributed by atoms with E-state index in [-0.39, 0.29) is 11.7 Å². The highest BCUT2D eigenvalue weighted by Gasteiger charge is 2.14. The number of carbonyl (C=O) groups is 1. The number of hydrogen-bond acceptors (Lipinski definition) is 4. The quantitative estimate of drug-likeness (QED) is 0.247. The number of benzene rings is 3. The molecule has 0 spiro atoms. The lowest BCUT2D eigenvalue weighted by atomic mass is 10.1. The number of nitrogens with zero attached hydrogens (tertiary/aromatic N) is 3. The summed E-state index contributed by atoms with van der Waals surface area (Å²) in [5.74, 6) is 1.05. The Bertz CT molecular complexity index is 1270. The molecular weight excluding hydrogens is 447 g/mol. The van der Waals surface area contributed by atoms with Crippen molar-refractivity contribution in [2.45, 2.75) is 30.9 Å². The maximum absolute atomic E-state index is 13.0. The molecular formula is C27H25FN4OS. The number of thioether (sulfide) groups is 1. The number of aromatic nitrogens is 3. The smallest absolute Gasteiger partial charge is 0.251 e. The first kappa shape index (κ1) is 23.4. The molecule has 4 aromatic rings. The zero-order valence-corrected chi connectivity index (χ0v) is 19.7. The molecule has 0 saturated carbocycles. The van der Waals surface area contributed by atoms with Gasteiger partial charge in [-0.1, -0.05) is 71.9 Å². The Morgan fingerprint density at radius 3 is 2.35 bits per heavy atom. The van der Waals surface area contributed by atoms with Gasteiger partial charge in [-0.05, 0) is 42.3 Å². The molecule has 7 heteroatoms. The summed E-state index contributed by atoms with van der Waals surface area (Å²) in [6, 6.07) is 21.8. The predicted molar refractivity (Wildman–Crippen MR) is 134 cm³/mol. The number of allylic oxidation sites excluding steroid dienone is 1. The van der Waals surface area contributed by atoms with Crippen molar-refractivity contribution in [3.63, 3.8) is 0 Å². The van der Waals surface area contributed by atoms with Gasteiger partial charge in [-0.3, -0.25) is 9.36 Å². The van der Waals surface area contributed by atoms with Gasteiger partial charge in [0, 0.05) is 30.0 Å². The van der Waals surface area contributed by atoms with E-state index in [1.807, 2.05) is 42.5 Å². The molecule has 1 amide bonds. The summed E-state index contributed by atoms with van der Waals surface area (Å²) in [5, 5.41) is 12.5. The molecule has 0 unspecified atom stereocenters. The number of aryl methyl sites for hydroxylation is 1. The maximum Gasteiger partial charge on any atom is 0.251 e. The maximum atomic E-state index is 13.0. The molecule has 1 heterocycles. The first-order valence-corrected chi connectivity index (χ1v) is 11.9. The van der Waals surface area contributed by atoms with Gasteiger partial charge in [0.25, 0.3) is 5.91 Å². The minimum absolute atomic E-state index is 0.169. The van der Waals surface area contributed by atoms with E-state index in [0.717, 1.165) is 27.7 Å². The highest BCUT2D eigenvalue weighted by atomic mass is 32.2. The molecule has 0 saturated heterocycles. The monoisotopic (exact) mass is 472 g/mol. The van der Waals surface area contributed by atoms with Crippen molar-refractivity contribution in [3.8, 4) is 11.4 Å². The molecule has 0 aliphatic rings. The SMILES string of the molecule is C=CCn1c(SCc2ccc(C(=O)NCc3ccc(F)cc3)cc2)nnc1-c1ccc(C)cc1. The van der Waals surface area contributed by atoms with Crippen LogP contribution in [-0.4, -0.2) is 20.7 Å². The Labute approximate surface area is 202 Å². The van der Waals surface area contributed by atoms with Crippen LogP contribution in [0.1, 0.15) is 27.0 Å². The van der Waals surface area contributed by atoms with Crippen LogP contribution in [-0.2, 0) is 18.8 Å². The van der Waals surface area contributed by atoms with Crippen molar-refractivity contribution in [2.75, 3.05) is 0 Å². The Morgan fingerprint density at radius 1 is 1.00 bits per heavy atom. The van der Waals surface area contributed by atoms with Crippen LogP contribution >= 0.6 is 11.8 Å². The average Bonchev–Trinajstić information content (AvgIpc) is 3.25. The third-order valence-electron chi connectivity index (χ3n) is 5.29. The van der Waals surface area contributed by atoms with Crippen molar-refractivity contribution in [1.82, 2.24) is 20.1 Å². The second-order valence-corrected chi connectivity index (χ2v) is 8.81. The molecule has 4 rings (SSSR count). The predicted octanol–water partition coefficient (Wildman–Crippen LogP) is 5.80. The van der Waals surface area contributed by atoms with Crippen LogP contribution in [0.3, 0.4) is 0 Å². The molecule has 34 heavy (non-hydrogen) atoms. The van der Waals surface area contributed by atoms with Gasteiger partial charge < -0.3 is 5.32 Å². The first-order chi connectivity index (χ1) is 16.5. The molecule has 0 radical (unpaired) electrons. The lowest BCUT2D eigenvalue weighted by molar-refractivity contribution is 0.0951. The lowest BCUT2D eigenvalue weighted by Gasteiger charge is -2.09. The molecule has 1 N–H and O–H groups in total. The van der Waals surface area contributed by atoms with E-state index < -0.39 is 0 Å². The molecule has 172 valence electrons. The molecule has 0 atom stereocenters. The van der Waals surface area contributed by atoms with Crippen LogP contribution in [0.15, 0.2) is 90.6 Å².